The van der Waals surface area contributed by atoms with Crippen LogP contribution in [-0.4, -0.2) is 23.3 Å². The molecule has 2 rings (SSSR count). The first-order valence-electron chi connectivity index (χ1n) is 6.71. The molecule has 104 valence electrons. The van der Waals surface area contributed by atoms with Gasteiger partial charge in [0.25, 0.3) is 0 Å². The van der Waals surface area contributed by atoms with Crippen molar-refractivity contribution in [2.24, 2.45) is 5.92 Å². The third-order valence-corrected chi connectivity index (χ3v) is 3.23. The highest BCUT2D eigenvalue weighted by Gasteiger charge is 2.30. The maximum atomic E-state index is 11.8. The lowest BCUT2D eigenvalue weighted by atomic mass is 9.98. The minimum Gasteiger partial charge on any atom is -0.463 e. The third kappa shape index (κ3) is 3.44. The van der Waals surface area contributed by atoms with E-state index in [9.17, 15) is 9.59 Å². The molecule has 0 bridgehead atoms. The maximum Gasteiger partial charge on any atom is 0.229 e. The highest BCUT2D eigenvalue weighted by Crippen LogP contribution is 2.21. The number of piperidine rings is 1. The molecular formula is C14H20N2O3. The summed E-state index contributed by atoms with van der Waals surface area (Å²) in [5.41, 5.74) is 0. The largest absolute Gasteiger partial charge is 0.463 e. The summed E-state index contributed by atoms with van der Waals surface area (Å²) < 4.78 is 5.60. The Morgan fingerprint density at radius 1 is 1.26 bits per heavy atom. The molecule has 0 spiro atoms. The van der Waals surface area contributed by atoms with Crippen molar-refractivity contribution in [3.8, 4) is 0 Å². The van der Waals surface area contributed by atoms with Gasteiger partial charge in [-0.1, -0.05) is 13.8 Å². The van der Waals surface area contributed by atoms with E-state index < -0.39 is 0 Å². The van der Waals surface area contributed by atoms with Crippen LogP contribution in [0.25, 0.3) is 0 Å². The average molecular weight is 264 g/mol. The first-order valence-corrected chi connectivity index (χ1v) is 6.71. The average Bonchev–Trinajstić information content (AvgIpc) is 2.79. The molecule has 0 aliphatic carbocycles. The fraction of sp³-hybridized carbons (Fsp3) is 0.571. The molecule has 5 heteroatoms. The van der Waals surface area contributed by atoms with Crippen LogP contribution in [-0.2, 0) is 22.7 Å². The van der Waals surface area contributed by atoms with E-state index in [1.165, 1.54) is 4.90 Å². The summed E-state index contributed by atoms with van der Waals surface area (Å²) >= 11 is 0. The molecule has 0 atom stereocenters. The number of rotatable bonds is 5. The van der Waals surface area contributed by atoms with Crippen LogP contribution in [0, 0.1) is 5.92 Å². The first-order chi connectivity index (χ1) is 9.10. The molecule has 1 aliphatic heterocycles. The van der Waals surface area contributed by atoms with Crippen LogP contribution in [0.2, 0.25) is 0 Å². The van der Waals surface area contributed by atoms with Crippen LogP contribution in [0.15, 0.2) is 16.5 Å². The molecule has 1 saturated heterocycles. The lowest BCUT2D eigenvalue weighted by molar-refractivity contribution is -0.150. The van der Waals surface area contributed by atoms with Gasteiger partial charge in [-0.05, 0) is 24.6 Å². The lowest BCUT2D eigenvalue weighted by Crippen LogP contribution is -2.42. The van der Waals surface area contributed by atoms with E-state index in [1.807, 2.05) is 26.0 Å². The molecule has 0 saturated carbocycles. The summed E-state index contributed by atoms with van der Waals surface area (Å²) in [5.74, 6) is 1.42. The number of hydrogen-bond donors (Lipinski definition) is 1. The van der Waals surface area contributed by atoms with Crippen molar-refractivity contribution in [3.63, 3.8) is 0 Å². The zero-order valence-corrected chi connectivity index (χ0v) is 11.4. The van der Waals surface area contributed by atoms with E-state index in [0.717, 1.165) is 12.3 Å². The summed E-state index contributed by atoms with van der Waals surface area (Å²) in [6.07, 6.45) is 0.882. The van der Waals surface area contributed by atoms with Crippen molar-refractivity contribution in [2.45, 2.75) is 39.8 Å². The van der Waals surface area contributed by atoms with Gasteiger partial charge in [-0.15, -0.1) is 0 Å². The Hall–Kier alpha value is -1.62. The fourth-order valence-electron chi connectivity index (χ4n) is 2.21. The minimum atomic E-state index is -0.103. The van der Waals surface area contributed by atoms with Gasteiger partial charge in [-0.25, -0.2) is 0 Å². The van der Waals surface area contributed by atoms with Crippen LogP contribution in [0.4, 0.5) is 0 Å². The predicted octanol–water partition coefficient (Wildman–Crippen LogP) is 1.67. The Bertz CT molecular complexity index is 449. The number of nitrogens with zero attached hydrogens (tertiary/aromatic N) is 1. The molecule has 2 heterocycles. The summed E-state index contributed by atoms with van der Waals surface area (Å²) in [6.45, 7) is 5.73. The van der Waals surface area contributed by atoms with Gasteiger partial charge < -0.3 is 9.73 Å². The molecule has 19 heavy (non-hydrogen) atoms. The summed E-state index contributed by atoms with van der Waals surface area (Å²) in [6, 6.07) is 3.70. The summed E-state index contributed by atoms with van der Waals surface area (Å²) in [4.78, 5) is 25.0. The molecule has 0 unspecified atom stereocenters. The molecule has 1 aliphatic rings. The lowest BCUT2D eigenvalue weighted by Gasteiger charge is -2.27. The molecule has 1 N–H and O–H groups in total. The Morgan fingerprint density at radius 2 is 1.89 bits per heavy atom. The topological polar surface area (TPSA) is 62.6 Å². The SMILES string of the molecule is CCNCc1ccc(CN2C(=O)CC(C)CC2=O)o1. The van der Waals surface area contributed by atoms with E-state index >= 15 is 0 Å². The smallest absolute Gasteiger partial charge is 0.229 e. The van der Waals surface area contributed by atoms with E-state index in [0.29, 0.717) is 25.1 Å². The van der Waals surface area contributed by atoms with Gasteiger partial charge >= 0.3 is 0 Å². The number of carbonyl (C=O) groups excluding carboxylic acids is 2. The summed E-state index contributed by atoms with van der Waals surface area (Å²) in [5, 5.41) is 3.16. The van der Waals surface area contributed by atoms with E-state index in [1.54, 1.807) is 0 Å². The van der Waals surface area contributed by atoms with Crippen molar-refractivity contribution in [3.05, 3.63) is 23.7 Å². The van der Waals surface area contributed by atoms with Gasteiger partial charge in [0.1, 0.15) is 11.5 Å². The summed E-state index contributed by atoms with van der Waals surface area (Å²) in [7, 11) is 0. The van der Waals surface area contributed by atoms with E-state index in [-0.39, 0.29) is 24.3 Å². The molecular weight excluding hydrogens is 244 g/mol. The van der Waals surface area contributed by atoms with Crippen molar-refractivity contribution < 1.29 is 14.0 Å². The number of hydrogen-bond acceptors (Lipinski definition) is 4. The molecule has 2 amide bonds. The van der Waals surface area contributed by atoms with Crippen LogP contribution < -0.4 is 5.32 Å². The molecule has 1 fully saturated rings. The fourth-order valence-corrected chi connectivity index (χ4v) is 2.21. The Balaban J connectivity index is 1.98. The Labute approximate surface area is 113 Å². The maximum absolute atomic E-state index is 11.8. The zero-order valence-electron chi connectivity index (χ0n) is 11.4. The quantitative estimate of drug-likeness (QED) is 0.822. The van der Waals surface area contributed by atoms with Gasteiger partial charge in [-0.3, -0.25) is 14.5 Å². The van der Waals surface area contributed by atoms with Crippen LogP contribution in [0.3, 0.4) is 0 Å². The Kier molecular flexibility index (Phi) is 4.37. The second-order valence-corrected chi connectivity index (χ2v) is 5.04. The van der Waals surface area contributed by atoms with Crippen molar-refractivity contribution in [1.29, 1.82) is 0 Å². The molecule has 0 radical (unpaired) electrons. The number of likely N-dealkylation sites (tertiary alicyclic amines) is 1. The first kappa shape index (κ1) is 13.8. The number of carbonyl (C=O) groups is 2. The zero-order chi connectivity index (χ0) is 13.8. The Morgan fingerprint density at radius 3 is 2.53 bits per heavy atom. The van der Waals surface area contributed by atoms with E-state index in [2.05, 4.69) is 5.32 Å². The molecule has 1 aromatic rings. The molecule has 5 nitrogen and oxygen atoms in total. The van der Waals surface area contributed by atoms with Crippen LogP contribution in [0.5, 0.6) is 0 Å². The van der Waals surface area contributed by atoms with Gasteiger partial charge in [0.15, 0.2) is 0 Å². The standard InChI is InChI=1S/C14H20N2O3/c1-3-15-8-11-4-5-12(19-11)9-16-13(17)6-10(2)7-14(16)18/h4-5,10,15H,3,6-9H2,1-2H3. The van der Waals surface area contributed by atoms with Gasteiger partial charge in [0.2, 0.25) is 11.8 Å². The monoisotopic (exact) mass is 264 g/mol. The third-order valence-electron chi connectivity index (χ3n) is 3.23. The number of furan rings is 1. The van der Waals surface area contributed by atoms with Crippen molar-refractivity contribution in [1.82, 2.24) is 10.2 Å². The van der Waals surface area contributed by atoms with Gasteiger partial charge in [-0.2, -0.15) is 0 Å². The van der Waals surface area contributed by atoms with Crippen LogP contribution in [0.1, 0.15) is 38.2 Å². The van der Waals surface area contributed by atoms with Gasteiger partial charge in [0, 0.05) is 12.8 Å². The number of amides is 2. The minimum absolute atomic E-state index is 0.103. The highest BCUT2D eigenvalue weighted by molar-refractivity contribution is 5.97. The number of nitrogens with one attached hydrogen (secondary N) is 1. The van der Waals surface area contributed by atoms with Crippen molar-refractivity contribution >= 4 is 11.8 Å². The van der Waals surface area contributed by atoms with Crippen LogP contribution >= 0.6 is 0 Å². The number of imide groups is 1. The van der Waals surface area contributed by atoms with Crippen molar-refractivity contribution in [2.75, 3.05) is 6.54 Å². The second kappa shape index (κ2) is 6.02. The highest BCUT2D eigenvalue weighted by atomic mass is 16.3. The predicted molar refractivity (Wildman–Crippen MR) is 70.0 cm³/mol. The van der Waals surface area contributed by atoms with Gasteiger partial charge in [0.05, 0.1) is 13.1 Å². The molecule has 0 aromatic carbocycles. The van der Waals surface area contributed by atoms with E-state index in [4.69, 9.17) is 4.42 Å². The molecule has 1 aromatic heterocycles. The normalized spacial score (nSPS) is 17.3. The second-order valence-electron chi connectivity index (χ2n) is 5.04.